The maximum absolute atomic E-state index is 9.02. The maximum atomic E-state index is 9.02. The second kappa shape index (κ2) is 3.79. The van der Waals surface area contributed by atoms with Crippen LogP contribution in [0.3, 0.4) is 0 Å². The summed E-state index contributed by atoms with van der Waals surface area (Å²) < 4.78 is 0. The highest BCUT2D eigenvalue weighted by Crippen LogP contribution is 2.47. The molecule has 2 rings (SSSR count). The number of anilines is 1. The number of nitrogen functional groups attached to an aromatic ring is 1. The summed E-state index contributed by atoms with van der Waals surface area (Å²) in [6.07, 6.45) is 4.98. The minimum atomic E-state index is -0.0637. The molecule has 0 atom stereocenters. The van der Waals surface area contributed by atoms with E-state index in [4.69, 9.17) is 11.0 Å². The molecule has 0 aromatic heterocycles. The summed E-state index contributed by atoms with van der Waals surface area (Å²) in [5.74, 6) is 0. The Labute approximate surface area is 94.5 Å². The van der Waals surface area contributed by atoms with Gasteiger partial charge in [0.15, 0.2) is 0 Å². The molecule has 2 nitrogen and oxygen atoms in total. The van der Waals surface area contributed by atoms with Crippen LogP contribution in [0.4, 0.5) is 5.69 Å². The van der Waals surface area contributed by atoms with Gasteiger partial charge in [-0.3, -0.25) is 0 Å². The van der Waals surface area contributed by atoms with Crippen molar-refractivity contribution in [3.63, 3.8) is 0 Å². The van der Waals surface area contributed by atoms with Crippen LogP contribution >= 0.6 is 11.8 Å². The van der Waals surface area contributed by atoms with Gasteiger partial charge in [-0.1, -0.05) is 6.07 Å². The zero-order valence-electron chi connectivity index (χ0n) is 8.79. The molecular weight excluding hydrogens is 204 g/mol. The van der Waals surface area contributed by atoms with Crippen LogP contribution in [0.2, 0.25) is 0 Å². The molecule has 1 fully saturated rings. The topological polar surface area (TPSA) is 49.8 Å². The second-order valence-corrected chi connectivity index (χ2v) is 4.99. The fourth-order valence-electron chi connectivity index (χ4n) is 1.74. The lowest BCUT2D eigenvalue weighted by atomic mass is 9.98. The van der Waals surface area contributed by atoms with Gasteiger partial charge in [-0.2, -0.15) is 5.26 Å². The van der Waals surface area contributed by atoms with Crippen molar-refractivity contribution in [1.82, 2.24) is 0 Å². The lowest BCUT2D eigenvalue weighted by Gasteiger charge is -2.08. The highest BCUT2D eigenvalue weighted by atomic mass is 32.2. The lowest BCUT2D eigenvalue weighted by molar-refractivity contribution is 0.664. The predicted octanol–water partition coefficient (Wildman–Crippen LogP) is 2.84. The van der Waals surface area contributed by atoms with E-state index in [1.165, 1.54) is 5.56 Å². The summed E-state index contributed by atoms with van der Waals surface area (Å²) in [6.45, 7) is 0. The molecule has 0 bridgehead atoms. The van der Waals surface area contributed by atoms with E-state index >= 15 is 0 Å². The van der Waals surface area contributed by atoms with Crippen molar-refractivity contribution in [2.75, 3.05) is 12.0 Å². The van der Waals surface area contributed by atoms with Crippen molar-refractivity contribution in [1.29, 1.82) is 5.26 Å². The SMILES string of the molecule is CSc1cc(CC2(C#N)CC2)ccc1N. The Kier molecular flexibility index (Phi) is 2.62. The molecule has 0 heterocycles. The third kappa shape index (κ3) is 2.10. The minimum Gasteiger partial charge on any atom is -0.398 e. The zero-order chi connectivity index (χ0) is 10.9. The third-order valence-electron chi connectivity index (χ3n) is 2.93. The van der Waals surface area contributed by atoms with E-state index in [9.17, 15) is 0 Å². The molecule has 1 aliphatic carbocycles. The lowest BCUT2D eigenvalue weighted by Crippen LogP contribution is -2.02. The van der Waals surface area contributed by atoms with E-state index in [0.29, 0.717) is 0 Å². The predicted molar refractivity (Wildman–Crippen MR) is 63.6 cm³/mol. The van der Waals surface area contributed by atoms with Crippen molar-refractivity contribution >= 4 is 17.4 Å². The Hall–Kier alpha value is -1.14. The average molecular weight is 218 g/mol. The number of rotatable bonds is 3. The second-order valence-electron chi connectivity index (χ2n) is 4.15. The number of nitriles is 1. The van der Waals surface area contributed by atoms with E-state index in [1.807, 2.05) is 18.4 Å². The summed E-state index contributed by atoms with van der Waals surface area (Å²) in [5.41, 5.74) is 7.82. The molecule has 3 heteroatoms. The van der Waals surface area contributed by atoms with Crippen molar-refractivity contribution < 1.29 is 0 Å². The van der Waals surface area contributed by atoms with E-state index in [1.54, 1.807) is 11.8 Å². The molecule has 1 aromatic carbocycles. The number of nitrogens with zero attached hydrogens (tertiary/aromatic N) is 1. The van der Waals surface area contributed by atoms with Gasteiger partial charge in [-0.05, 0) is 43.2 Å². The van der Waals surface area contributed by atoms with Gasteiger partial charge in [0.05, 0.1) is 11.5 Å². The molecular formula is C12H14N2S. The molecule has 1 aliphatic rings. The van der Waals surface area contributed by atoms with Crippen LogP contribution in [0.15, 0.2) is 23.1 Å². The third-order valence-corrected chi connectivity index (χ3v) is 3.72. The molecule has 1 aromatic rings. The van der Waals surface area contributed by atoms with Gasteiger partial charge in [0.25, 0.3) is 0 Å². The van der Waals surface area contributed by atoms with E-state index in [2.05, 4.69) is 12.1 Å². The van der Waals surface area contributed by atoms with E-state index in [-0.39, 0.29) is 5.41 Å². The van der Waals surface area contributed by atoms with Crippen LogP contribution < -0.4 is 5.73 Å². The van der Waals surface area contributed by atoms with E-state index < -0.39 is 0 Å². The highest BCUT2D eigenvalue weighted by Gasteiger charge is 2.42. The first-order valence-electron chi connectivity index (χ1n) is 5.03. The minimum absolute atomic E-state index is 0.0637. The van der Waals surface area contributed by atoms with Crippen LogP contribution in [0.5, 0.6) is 0 Å². The first kappa shape index (κ1) is 10.4. The fraction of sp³-hybridized carbons (Fsp3) is 0.417. The molecule has 1 saturated carbocycles. The first-order chi connectivity index (χ1) is 7.19. The Morgan fingerprint density at radius 2 is 2.27 bits per heavy atom. The zero-order valence-corrected chi connectivity index (χ0v) is 9.60. The number of nitrogens with two attached hydrogens (primary N) is 1. The van der Waals surface area contributed by atoms with E-state index in [0.717, 1.165) is 29.8 Å². The molecule has 15 heavy (non-hydrogen) atoms. The molecule has 0 unspecified atom stereocenters. The van der Waals surface area contributed by atoms with Crippen LogP contribution in [0.25, 0.3) is 0 Å². The average Bonchev–Trinajstić information content (AvgIpc) is 3.02. The Bertz CT molecular complexity index is 416. The normalized spacial score (nSPS) is 17.1. The summed E-state index contributed by atoms with van der Waals surface area (Å²) >= 11 is 1.66. The van der Waals surface area contributed by atoms with Gasteiger partial charge in [-0.15, -0.1) is 11.8 Å². The van der Waals surface area contributed by atoms with Crippen LogP contribution in [-0.4, -0.2) is 6.26 Å². The first-order valence-corrected chi connectivity index (χ1v) is 6.25. The highest BCUT2D eigenvalue weighted by molar-refractivity contribution is 7.98. The monoisotopic (exact) mass is 218 g/mol. The number of hydrogen-bond acceptors (Lipinski definition) is 3. The number of hydrogen-bond donors (Lipinski definition) is 1. The van der Waals surface area contributed by atoms with Gasteiger partial charge < -0.3 is 5.73 Å². The molecule has 0 amide bonds. The molecule has 0 radical (unpaired) electrons. The standard InChI is InChI=1S/C12H14N2S/c1-15-11-6-9(2-3-10(11)14)7-12(8-13)4-5-12/h2-3,6H,4-5,7,14H2,1H3. The molecule has 0 spiro atoms. The van der Waals surface area contributed by atoms with Crippen LogP contribution in [-0.2, 0) is 6.42 Å². The smallest absolute Gasteiger partial charge is 0.0693 e. The van der Waals surface area contributed by atoms with Gasteiger partial charge >= 0.3 is 0 Å². The van der Waals surface area contributed by atoms with Crippen molar-refractivity contribution in [3.05, 3.63) is 23.8 Å². The Morgan fingerprint density at radius 3 is 2.80 bits per heavy atom. The number of benzene rings is 1. The quantitative estimate of drug-likeness (QED) is 0.627. The molecule has 2 N–H and O–H groups in total. The van der Waals surface area contributed by atoms with Gasteiger partial charge in [0.1, 0.15) is 0 Å². The van der Waals surface area contributed by atoms with Gasteiger partial charge in [-0.25, -0.2) is 0 Å². The fourth-order valence-corrected chi connectivity index (χ4v) is 2.31. The van der Waals surface area contributed by atoms with Crippen LogP contribution in [0, 0.1) is 16.7 Å². The molecule has 0 aliphatic heterocycles. The molecule has 78 valence electrons. The summed E-state index contributed by atoms with van der Waals surface area (Å²) in [5, 5.41) is 9.02. The van der Waals surface area contributed by atoms with Gasteiger partial charge in [0.2, 0.25) is 0 Å². The largest absolute Gasteiger partial charge is 0.398 e. The van der Waals surface area contributed by atoms with Crippen molar-refractivity contribution in [3.8, 4) is 6.07 Å². The Morgan fingerprint density at radius 1 is 1.53 bits per heavy atom. The van der Waals surface area contributed by atoms with Crippen molar-refractivity contribution in [2.45, 2.75) is 24.2 Å². The Balaban J connectivity index is 2.20. The van der Waals surface area contributed by atoms with Crippen molar-refractivity contribution in [2.24, 2.45) is 5.41 Å². The summed E-state index contributed by atoms with van der Waals surface area (Å²) in [4.78, 5) is 1.11. The maximum Gasteiger partial charge on any atom is 0.0693 e. The van der Waals surface area contributed by atoms with Gasteiger partial charge in [0, 0.05) is 10.6 Å². The summed E-state index contributed by atoms with van der Waals surface area (Å²) in [7, 11) is 0. The number of thioether (sulfide) groups is 1. The molecule has 0 saturated heterocycles. The van der Waals surface area contributed by atoms with Crippen LogP contribution in [0.1, 0.15) is 18.4 Å². The summed E-state index contributed by atoms with van der Waals surface area (Å²) in [6, 6.07) is 8.50.